The van der Waals surface area contributed by atoms with Crippen LogP contribution in [-0.4, -0.2) is 19.1 Å². The SMILES string of the molecule is CCOC(=O)/C=C/CNCc1cc(F)ccc1Br. The van der Waals surface area contributed by atoms with Gasteiger partial charge in [0.25, 0.3) is 0 Å². The third-order valence-electron chi connectivity index (χ3n) is 2.13. The zero-order valence-electron chi connectivity index (χ0n) is 10.1. The van der Waals surface area contributed by atoms with Crippen molar-refractivity contribution in [3.8, 4) is 0 Å². The summed E-state index contributed by atoms with van der Waals surface area (Å²) in [7, 11) is 0. The van der Waals surface area contributed by atoms with Gasteiger partial charge < -0.3 is 10.1 Å². The molecule has 0 bridgehead atoms. The number of hydrogen-bond acceptors (Lipinski definition) is 3. The summed E-state index contributed by atoms with van der Waals surface area (Å²) in [5.74, 6) is -0.622. The van der Waals surface area contributed by atoms with E-state index < -0.39 is 0 Å². The number of esters is 1. The number of benzene rings is 1. The molecule has 0 heterocycles. The first-order valence-corrected chi connectivity index (χ1v) is 6.40. The predicted molar refractivity (Wildman–Crippen MR) is 71.6 cm³/mol. The van der Waals surface area contributed by atoms with E-state index in [1.165, 1.54) is 18.2 Å². The Labute approximate surface area is 114 Å². The van der Waals surface area contributed by atoms with Gasteiger partial charge in [-0.3, -0.25) is 0 Å². The Bertz CT molecular complexity index is 435. The lowest BCUT2D eigenvalue weighted by Gasteiger charge is -2.05. The zero-order chi connectivity index (χ0) is 13.4. The maximum absolute atomic E-state index is 13.0. The number of ether oxygens (including phenoxy) is 1. The molecule has 0 amide bonds. The topological polar surface area (TPSA) is 38.3 Å². The van der Waals surface area contributed by atoms with E-state index in [1.54, 1.807) is 19.1 Å². The van der Waals surface area contributed by atoms with Gasteiger partial charge in [0.15, 0.2) is 0 Å². The summed E-state index contributed by atoms with van der Waals surface area (Å²) in [4.78, 5) is 11.0. The summed E-state index contributed by atoms with van der Waals surface area (Å²) in [5, 5.41) is 3.08. The Morgan fingerprint density at radius 1 is 1.56 bits per heavy atom. The predicted octanol–water partition coefficient (Wildman–Crippen LogP) is 2.80. The second-order valence-electron chi connectivity index (χ2n) is 3.52. The normalized spacial score (nSPS) is 10.8. The molecular weight excluding hydrogens is 301 g/mol. The van der Waals surface area contributed by atoms with Gasteiger partial charge in [-0.25, -0.2) is 9.18 Å². The molecule has 0 radical (unpaired) electrons. The van der Waals surface area contributed by atoms with Crippen LogP contribution in [0.1, 0.15) is 12.5 Å². The Hall–Kier alpha value is -1.20. The highest BCUT2D eigenvalue weighted by Crippen LogP contribution is 2.17. The number of hydrogen-bond donors (Lipinski definition) is 1. The van der Waals surface area contributed by atoms with Crippen molar-refractivity contribution >= 4 is 21.9 Å². The van der Waals surface area contributed by atoms with E-state index in [-0.39, 0.29) is 11.8 Å². The van der Waals surface area contributed by atoms with Crippen molar-refractivity contribution in [1.82, 2.24) is 5.32 Å². The van der Waals surface area contributed by atoms with Gasteiger partial charge in [0.05, 0.1) is 6.61 Å². The van der Waals surface area contributed by atoms with Gasteiger partial charge in [-0.2, -0.15) is 0 Å². The lowest BCUT2D eigenvalue weighted by atomic mass is 10.2. The average molecular weight is 316 g/mol. The third-order valence-corrected chi connectivity index (χ3v) is 2.90. The van der Waals surface area contributed by atoms with Crippen molar-refractivity contribution in [3.63, 3.8) is 0 Å². The molecule has 0 aliphatic heterocycles. The second kappa shape index (κ2) is 8.00. The summed E-state index contributed by atoms with van der Waals surface area (Å²) in [6.45, 7) is 3.16. The van der Waals surface area contributed by atoms with E-state index in [1.807, 2.05) is 0 Å². The molecule has 0 saturated heterocycles. The van der Waals surface area contributed by atoms with E-state index in [4.69, 9.17) is 4.74 Å². The minimum atomic E-state index is -0.355. The third kappa shape index (κ3) is 5.42. The fraction of sp³-hybridized carbons (Fsp3) is 0.308. The minimum absolute atomic E-state index is 0.267. The Kier molecular flexibility index (Phi) is 6.60. The number of rotatable bonds is 6. The van der Waals surface area contributed by atoms with Crippen LogP contribution in [0.25, 0.3) is 0 Å². The molecule has 98 valence electrons. The molecule has 1 rings (SSSR count). The fourth-order valence-corrected chi connectivity index (χ4v) is 1.70. The first-order chi connectivity index (χ1) is 8.63. The second-order valence-corrected chi connectivity index (χ2v) is 4.38. The van der Waals surface area contributed by atoms with Gasteiger partial charge in [0.2, 0.25) is 0 Å². The average Bonchev–Trinajstić information content (AvgIpc) is 2.33. The number of halogens is 2. The molecule has 0 fully saturated rings. The van der Waals surface area contributed by atoms with Crippen LogP contribution in [0.5, 0.6) is 0 Å². The lowest BCUT2D eigenvalue weighted by molar-refractivity contribution is -0.137. The Morgan fingerprint density at radius 2 is 2.33 bits per heavy atom. The van der Waals surface area contributed by atoms with Crippen LogP contribution in [0, 0.1) is 5.82 Å². The van der Waals surface area contributed by atoms with E-state index in [0.717, 1.165) is 10.0 Å². The molecule has 1 aromatic rings. The molecule has 0 spiro atoms. The summed E-state index contributed by atoms with van der Waals surface area (Å²) in [5.41, 5.74) is 0.833. The molecular formula is C13H15BrFNO2. The smallest absolute Gasteiger partial charge is 0.330 e. The van der Waals surface area contributed by atoms with Crippen molar-refractivity contribution in [3.05, 3.63) is 46.2 Å². The molecule has 0 aromatic heterocycles. The Balaban J connectivity index is 2.33. The Morgan fingerprint density at radius 3 is 3.06 bits per heavy atom. The van der Waals surface area contributed by atoms with E-state index >= 15 is 0 Å². The molecule has 5 heteroatoms. The van der Waals surface area contributed by atoms with Crippen LogP contribution in [0.4, 0.5) is 4.39 Å². The first kappa shape index (κ1) is 14.9. The largest absolute Gasteiger partial charge is 0.463 e. The van der Waals surface area contributed by atoms with Crippen molar-refractivity contribution in [2.24, 2.45) is 0 Å². The highest BCUT2D eigenvalue weighted by Gasteiger charge is 2.00. The van der Waals surface area contributed by atoms with Crippen LogP contribution in [0.15, 0.2) is 34.8 Å². The van der Waals surface area contributed by atoms with Crippen molar-refractivity contribution in [2.45, 2.75) is 13.5 Å². The first-order valence-electron chi connectivity index (χ1n) is 5.61. The van der Waals surface area contributed by atoms with Gasteiger partial charge in [-0.15, -0.1) is 0 Å². The molecule has 0 unspecified atom stereocenters. The van der Waals surface area contributed by atoms with Gasteiger partial charge >= 0.3 is 5.97 Å². The monoisotopic (exact) mass is 315 g/mol. The molecule has 0 atom stereocenters. The van der Waals surface area contributed by atoms with E-state index in [2.05, 4.69) is 21.2 Å². The molecule has 1 N–H and O–H groups in total. The van der Waals surface area contributed by atoms with Crippen LogP contribution in [-0.2, 0) is 16.1 Å². The maximum atomic E-state index is 13.0. The van der Waals surface area contributed by atoms with Crippen molar-refractivity contribution in [2.75, 3.05) is 13.2 Å². The highest BCUT2D eigenvalue weighted by atomic mass is 79.9. The molecule has 1 aromatic carbocycles. The number of carbonyl (C=O) groups is 1. The van der Waals surface area contributed by atoms with Crippen LogP contribution >= 0.6 is 15.9 Å². The lowest BCUT2D eigenvalue weighted by Crippen LogP contribution is -2.14. The quantitative estimate of drug-likeness (QED) is 0.498. The van der Waals surface area contributed by atoms with Crippen LogP contribution < -0.4 is 5.32 Å². The van der Waals surface area contributed by atoms with Gasteiger partial charge in [0, 0.05) is 23.6 Å². The minimum Gasteiger partial charge on any atom is -0.463 e. The maximum Gasteiger partial charge on any atom is 0.330 e. The van der Waals surface area contributed by atoms with Crippen LogP contribution in [0.2, 0.25) is 0 Å². The summed E-state index contributed by atoms with van der Waals surface area (Å²) in [6.07, 6.45) is 3.04. The molecule has 0 aliphatic rings. The molecule has 3 nitrogen and oxygen atoms in total. The van der Waals surface area contributed by atoms with E-state index in [9.17, 15) is 9.18 Å². The number of nitrogens with one attached hydrogen (secondary N) is 1. The molecule has 18 heavy (non-hydrogen) atoms. The zero-order valence-corrected chi connectivity index (χ0v) is 11.7. The highest BCUT2D eigenvalue weighted by molar-refractivity contribution is 9.10. The summed E-state index contributed by atoms with van der Waals surface area (Å²) in [6, 6.07) is 4.53. The summed E-state index contributed by atoms with van der Waals surface area (Å²) >= 11 is 3.34. The van der Waals surface area contributed by atoms with Gasteiger partial charge in [-0.1, -0.05) is 22.0 Å². The molecule has 0 aliphatic carbocycles. The van der Waals surface area contributed by atoms with Crippen molar-refractivity contribution < 1.29 is 13.9 Å². The fourth-order valence-electron chi connectivity index (χ4n) is 1.31. The van der Waals surface area contributed by atoms with Crippen molar-refractivity contribution in [1.29, 1.82) is 0 Å². The summed E-state index contributed by atoms with van der Waals surface area (Å²) < 4.78 is 18.6. The van der Waals surface area contributed by atoms with Gasteiger partial charge in [-0.05, 0) is 30.7 Å². The van der Waals surface area contributed by atoms with Crippen LogP contribution in [0.3, 0.4) is 0 Å². The molecule has 0 saturated carbocycles. The van der Waals surface area contributed by atoms with Gasteiger partial charge in [0.1, 0.15) is 5.82 Å². The number of carbonyl (C=O) groups excluding carboxylic acids is 1. The van der Waals surface area contributed by atoms with E-state index in [0.29, 0.717) is 19.7 Å². The standard InChI is InChI=1S/C13H15BrFNO2/c1-2-18-13(17)4-3-7-16-9-10-8-11(15)5-6-12(10)14/h3-6,8,16H,2,7,9H2,1H3/b4-3+.